The fraction of sp³-hybridized carbons (Fsp3) is 0.0588. The van der Waals surface area contributed by atoms with Crippen molar-refractivity contribution in [1.82, 2.24) is 4.98 Å². The highest BCUT2D eigenvalue weighted by Crippen LogP contribution is 2.30. The Kier molecular flexibility index (Phi) is 3.70. The zero-order valence-corrected chi connectivity index (χ0v) is 12.4. The van der Waals surface area contributed by atoms with E-state index in [0.29, 0.717) is 12.3 Å². The molecule has 1 heterocycles. The van der Waals surface area contributed by atoms with Gasteiger partial charge in [0.2, 0.25) is 0 Å². The molecule has 0 saturated heterocycles. The van der Waals surface area contributed by atoms with Crippen molar-refractivity contribution in [3.63, 3.8) is 0 Å². The maximum atomic E-state index is 5.95. The molecular formula is C17H13BrNO. The first-order valence-electron chi connectivity index (χ1n) is 6.31. The monoisotopic (exact) mass is 326 g/mol. The number of pyridine rings is 1. The van der Waals surface area contributed by atoms with Crippen LogP contribution in [0, 0.1) is 6.92 Å². The fourth-order valence-corrected chi connectivity index (χ4v) is 2.45. The van der Waals surface area contributed by atoms with E-state index in [2.05, 4.69) is 27.8 Å². The van der Waals surface area contributed by atoms with Gasteiger partial charge in [0.15, 0.2) is 0 Å². The highest BCUT2D eigenvalue weighted by molar-refractivity contribution is 9.10. The number of hydrogen-bond donors (Lipinski definition) is 0. The first-order chi connectivity index (χ1) is 9.74. The van der Waals surface area contributed by atoms with Gasteiger partial charge in [0, 0.05) is 21.4 Å². The summed E-state index contributed by atoms with van der Waals surface area (Å²) < 4.78 is 6.96. The van der Waals surface area contributed by atoms with Crippen LogP contribution in [0.1, 0.15) is 11.3 Å². The summed E-state index contributed by atoms with van der Waals surface area (Å²) in [5.41, 5.74) is 1.78. The maximum absolute atomic E-state index is 5.95. The molecule has 3 heteroatoms. The predicted molar refractivity (Wildman–Crippen MR) is 84.7 cm³/mol. The Morgan fingerprint density at radius 2 is 1.90 bits per heavy atom. The van der Waals surface area contributed by atoms with Gasteiger partial charge in [-0.05, 0) is 24.6 Å². The second-order valence-corrected chi connectivity index (χ2v) is 5.46. The van der Waals surface area contributed by atoms with Crippen molar-refractivity contribution in [2.75, 3.05) is 0 Å². The third-order valence-electron chi connectivity index (χ3n) is 3.11. The number of nitrogens with zero attached hydrogens (tertiary/aromatic N) is 1. The lowest BCUT2D eigenvalue weighted by molar-refractivity contribution is 0.307. The molecule has 3 rings (SSSR count). The average molecular weight is 327 g/mol. The maximum Gasteiger partial charge on any atom is 0.149 e. The van der Waals surface area contributed by atoms with E-state index in [4.69, 9.17) is 4.74 Å². The summed E-state index contributed by atoms with van der Waals surface area (Å²) >= 11 is 3.49. The van der Waals surface area contributed by atoms with Crippen LogP contribution in [0.5, 0.6) is 5.75 Å². The van der Waals surface area contributed by atoms with E-state index in [9.17, 15) is 0 Å². The Bertz CT molecular complexity index is 735. The summed E-state index contributed by atoms with van der Waals surface area (Å²) in [6.45, 7) is 4.47. The van der Waals surface area contributed by atoms with Crippen LogP contribution in [0.2, 0.25) is 0 Å². The third kappa shape index (κ3) is 2.68. The quantitative estimate of drug-likeness (QED) is 0.692. The number of ether oxygens (including phenoxy) is 1. The van der Waals surface area contributed by atoms with Gasteiger partial charge in [-0.25, -0.2) is 0 Å². The SMILES string of the molecule is [CH2]c1ncc2ccc(Br)cc2c1OCc1ccccc1. The molecule has 0 bridgehead atoms. The number of aromatic nitrogens is 1. The Balaban J connectivity index is 1.97. The van der Waals surface area contributed by atoms with Gasteiger partial charge >= 0.3 is 0 Å². The summed E-state index contributed by atoms with van der Waals surface area (Å²) in [6.07, 6.45) is 1.82. The minimum atomic E-state index is 0.511. The first kappa shape index (κ1) is 13.1. The van der Waals surface area contributed by atoms with Crippen LogP contribution >= 0.6 is 15.9 Å². The summed E-state index contributed by atoms with van der Waals surface area (Å²) in [5, 5.41) is 2.07. The molecule has 1 aromatic heterocycles. The molecule has 0 aliphatic rings. The standard InChI is InChI=1S/C17H13BrNO/c1-12-17(20-11-13-5-3-2-4-6-13)16-9-15(18)8-7-14(16)10-19-12/h2-10H,1,11H2. The van der Waals surface area contributed by atoms with Crippen molar-refractivity contribution in [1.29, 1.82) is 0 Å². The number of rotatable bonds is 3. The molecule has 0 amide bonds. The number of halogens is 1. The molecule has 20 heavy (non-hydrogen) atoms. The normalized spacial score (nSPS) is 10.7. The van der Waals surface area contributed by atoms with E-state index < -0.39 is 0 Å². The molecular weight excluding hydrogens is 314 g/mol. The molecule has 99 valence electrons. The highest BCUT2D eigenvalue weighted by Gasteiger charge is 2.08. The predicted octanol–water partition coefficient (Wildman–Crippen LogP) is 4.76. The number of fused-ring (bicyclic) bond motifs is 1. The topological polar surface area (TPSA) is 22.1 Å². The minimum Gasteiger partial charge on any atom is -0.486 e. The van der Waals surface area contributed by atoms with E-state index >= 15 is 0 Å². The molecule has 1 radical (unpaired) electrons. The van der Waals surface area contributed by atoms with E-state index in [1.807, 2.05) is 54.7 Å². The fourth-order valence-electron chi connectivity index (χ4n) is 2.09. The van der Waals surface area contributed by atoms with Gasteiger partial charge in [0.05, 0.1) is 5.69 Å². The minimum absolute atomic E-state index is 0.511. The first-order valence-corrected chi connectivity index (χ1v) is 7.10. The number of benzene rings is 2. The van der Waals surface area contributed by atoms with Gasteiger partial charge in [-0.3, -0.25) is 4.98 Å². The lowest BCUT2D eigenvalue weighted by Crippen LogP contribution is -1.99. The van der Waals surface area contributed by atoms with Crippen LogP contribution in [-0.2, 0) is 6.61 Å². The van der Waals surface area contributed by atoms with Crippen LogP contribution < -0.4 is 4.74 Å². The molecule has 2 aromatic carbocycles. The van der Waals surface area contributed by atoms with Gasteiger partial charge in [-0.1, -0.05) is 52.3 Å². The van der Waals surface area contributed by atoms with E-state index in [-0.39, 0.29) is 0 Å². The van der Waals surface area contributed by atoms with Crippen molar-refractivity contribution < 1.29 is 4.74 Å². The molecule has 0 fully saturated rings. The number of hydrogen-bond acceptors (Lipinski definition) is 2. The molecule has 0 atom stereocenters. The Morgan fingerprint density at radius 3 is 2.70 bits per heavy atom. The average Bonchev–Trinajstić information content (AvgIpc) is 2.47. The molecule has 0 saturated carbocycles. The molecule has 0 unspecified atom stereocenters. The lowest BCUT2D eigenvalue weighted by Gasteiger charge is -2.12. The lowest BCUT2D eigenvalue weighted by atomic mass is 10.1. The summed E-state index contributed by atoms with van der Waals surface area (Å²) in [6, 6.07) is 16.1. The van der Waals surface area contributed by atoms with Gasteiger partial charge in [0.25, 0.3) is 0 Å². The molecule has 0 spiro atoms. The van der Waals surface area contributed by atoms with Crippen molar-refractivity contribution >= 4 is 26.7 Å². The summed E-state index contributed by atoms with van der Waals surface area (Å²) in [7, 11) is 0. The van der Waals surface area contributed by atoms with Gasteiger partial charge in [-0.2, -0.15) is 0 Å². The van der Waals surface area contributed by atoms with E-state index in [1.54, 1.807) is 0 Å². The smallest absolute Gasteiger partial charge is 0.149 e. The van der Waals surface area contributed by atoms with Crippen LogP contribution in [0.4, 0.5) is 0 Å². The van der Waals surface area contributed by atoms with Crippen molar-refractivity contribution in [2.24, 2.45) is 0 Å². The zero-order chi connectivity index (χ0) is 13.9. The molecule has 0 aliphatic carbocycles. The molecule has 2 nitrogen and oxygen atoms in total. The van der Waals surface area contributed by atoms with Crippen molar-refractivity contribution in [3.05, 3.63) is 77.4 Å². The zero-order valence-electron chi connectivity index (χ0n) is 10.8. The van der Waals surface area contributed by atoms with E-state index in [1.165, 1.54) is 0 Å². The van der Waals surface area contributed by atoms with E-state index in [0.717, 1.165) is 26.6 Å². The molecule has 0 N–H and O–H groups in total. The van der Waals surface area contributed by atoms with Crippen LogP contribution in [0.15, 0.2) is 59.2 Å². The van der Waals surface area contributed by atoms with Gasteiger partial charge in [-0.15, -0.1) is 0 Å². The Morgan fingerprint density at radius 1 is 1.10 bits per heavy atom. The Hall–Kier alpha value is -1.87. The largest absolute Gasteiger partial charge is 0.486 e. The summed E-state index contributed by atoms with van der Waals surface area (Å²) in [5.74, 6) is 0.743. The van der Waals surface area contributed by atoms with Crippen molar-refractivity contribution in [3.8, 4) is 5.75 Å². The molecule has 3 aromatic rings. The highest BCUT2D eigenvalue weighted by atomic mass is 79.9. The second kappa shape index (κ2) is 5.63. The van der Waals surface area contributed by atoms with Gasteiger partial charge in [0.1, 0.15) is 12.4 Å². The Labute approximate surface area is 126 Å². The van der Waals surface area contributed by atoms with Gasteiger partial charge < -0.3 is 4.74 Å². The van der Waals surface area contributed by atoms with Crippen LogP contribution in [-0.4, -0.2) is 4.98 Å². The van der Waals surface area contributed by atoms with Crippen LogP contribution in [0.25, 0.3) is 10.8 Å². The molecule has 0 aliphatic heterocycles. The second-order valence-electron chi connectivity index (χ2n) is 4.54. The van der Waals surface area contributed by atoms with Crippen molar-refractivity contribution in [2.45, 2.75) is 6.61 Å². The summed E-state index contributed by atoms with van der Waals surface area (Å²) in [4.78, 5) is 4.30. The van der Waals surface area contributed by atoms with Crippen LogP contribution in [0.3, 0.4) is 0 Å². The third-order valence-corrected chi connectivity index (χ3v) is 3.60.